The van der Waals surface area contributed by atoms with E-state index in [0.717, 1.165) is 31.6 Å². The molecule has 11 nitrogen and oxygen atoms in total. The molecule has 4 heterocycles. The maximum absolute atomic E-state index is 12.0. The Bertz CT molecular complexity index is 1360. The molecular formula is C27H34N8O3S. The third-order valence-corrected chi connectivity index (χ3v) is 6.73. The first kappa shape index (κ1) is 26.8. The van der Waals surface area contributed by atoms with Crippen LogP contribution in [0.3, 0.4) is 0 Å². The molecule has 12 heteroatoms. The number of pyridine rings is 2. The summed E-state index contributed by atoms with van der Waals surface area (Å²) >= 11 is 5.58. The Kier molecular flexibility index (Phi) is 7.67. The van der Waals surface area contributed by atoms with Gasteiger partial charge in [0.05, 0.1) is 24.5 Å². The van der Waals surface area contributed by atoms with Crippen LogP contribution in [0.15, 0.2) is 36.7 Å². The van der Waals surface area contributed by atoms with E-state index in [1.807, 2.05) is 12.1 Å². The minimum atomic E-state index is -0.0837. The van der Waals surface area contributed by atoms with Gasteiger partial charge < -0.3 is 30.7 Å². The highest BCUT2D eigenvalue weighted by Crippen LogP contribution is 2.32. The van der Waals surface area contributed by atoms with E-state index in [2.05, 4.69) is 56.7 Å². The number of rotatable bonds is 8. The van der Waals surface area contributed by atoms with E-state index in [9.17, 15) is 4.79 Å². The number of anilines is 4. The molecule has 5 rings (SSSR count). The fraction of sp³-hybridized carbons (Fsp3) is 0.444. The first-order chi connectivity index (χ1) is 18.7. The molecule has 1 aliphatic carbocycles. The zero-order valence-corrected chi connectivity index (χ0v) is 23.4. The van der Waals surface area contributed by atoms with Crippen LogP contribution >= 0.6 is 12.2 Å². The van der Waals surface area contributed by atoms with Crippen molar-refractivity contribution in [2.75, 3.05) is 41.5 Å². The summed E-state index contributed by atoms with van der Waals surface area (Å²) < 4.78 is 13.6. The highest BCUT2D eigenvalue weighted by molar-refractivity contribution is 7.80. The molecule has 2 aliphatic rings. The minimum absolute atomic E-state index is 0.00672. The number of hydrogen-bond acceptors (Lipinski definition) is 8. The molecule has 0 unspecified atom stereocenters. The Labute approximate surface area is 233 Å². The van der Waals surface area contributed by atoms with Gasteiger partial charge in [-0.25, -0.2) is 9.97 Å². The molecule has 1 atom stereocenters. The summed E-state index contributed by atoms with van der Waals surface area (Å²) in [4.78, 5) is 20.8. The first-order valence-electron chi connectivity index (χ1n) is 13.1. The molecule has 1 saturated heterocycles. The Morgan fingerprint density at radius 3 is 2.59 bits per heavy atom. The number of carbonyl (C=O) groups is 1. The number of amides is 1. The van der Waals surface area contributed by atoms with Gasteiger partial charge in [0, 0.05) is 55.1 Å². The molecule has 3 aromatic heterocycles. The molecule has 4 N–H and O–H groups in total. The number of hydrogen-bond donors (Lipinski definition) is 4. The Balaban J connectivity index is 1.25. The zero-order chi connectivity index (χ0) is 27.6. The Morgan fingerprint density at radius 1 is 1.08 bits per heavy atom. The fourth-order valence-corrected chi connectivity index (χ4v) is 4.51. The van der Waals surface area contributed by atoms with Gasteiger partial charge in [-0.3, -0.25) is 9.48 Å². The average molecular weight is 551 g/mol. The molecule has 1 saturated carbocycles. The van der Waals surface area contributed by atoms with E-state index in [4.69, 9.17) is 26.8 Å². The van der Waals surface area contributed by atoms with Crippen LogP contribution in [-0.4, -0.2) is 51.0 Å². The van der Waals surface area contributed by atoms with Crippen LogP contribution in [0.25, 0.3) is 0 Å². The maximum atomic E-state index is 12.0. The highest BCUT2D eigenvalue weighted by Gasteiger charge is 2.30. The molecule has 0 spiro atoms. The van der Waals surface area contributed by atoms with Crippen LogP contribution in [-0.2, 0) is 14.9 Å². The predicted octanol–water partition coefficient (Wildman–Crippen LogP) is 4.92. The summed E-state index contributed by atoms with van der Waals surface area (Å²) in [5.74, 6) is 2.80. The van der Waals surface area contributed by atoms with E-state index in [-0.39, 0.29) is 23.3 Å². The van der Waals surface area contributed by atoms with Gasteiger partial charge >= 0.3 is 0 Å². The SMILES string of the molecule is CNc1cc(Oc2ccnc(NC(=O)C3CC3)c2)cnc1NC(=S)Nc1cc(C(C)(C)C)n([C@@H]2CCOC2)n1. The summed E-state index contributed by atoms with van der Waals surface area (Å²) in [5.41, 5.74) is 1.72. The van der Waals surface area contributed by atoms with Crippen LogP contribution in [0.4, 0.5) is 23.1 Å². The van der Waals surface area contributed by atoms with E-state index < -0.39 is 0 Å². The molecular weight excluding hydrogens is 516 g/mol. The normalized spacial score (nSPS) is 17.0. The second-order valence-corrected chi connectivity index (χ2v) is 11.2. The molecule has 3 aromatic rings. The standard InChI is InChI=1S/C27H34N8O3S/c1-27(2,3)21-13-23(34-35(21)17-8-10-37-15-17)32-26(39)33-24-20(28-4)11-19(14-30-24)38-18-7-9-29-22(12-18)31-25(36)16-5-6-16/h7,9,11-14,16-17,28H,5-6,8,10,15H2,1-4H3,(H,29,31,36)(H2,30,32,33,34,39)/t17-/m1/s1. The van der Waals surface area contributed by atoms with Crippen LogP contribution < -0.4 is 26.0 Å². The summed E-state index contributed by atoms with van der Waals surface area (Å²) in [6.45, 7) is 7.90. The second kappa shape index (κ2) is 11.1. The maximum Gasteiger partial charge on any atom is 0.228 e. The van der Waals surface area contributed by atoms with Crippen molar-refractivity contribution in [3.05, 3.63) is 42.4 Å². The molecule has 0 bridgehead atoms. The summed E-state index contributed by atoms with van der Waals surface area (Å²) in [5, 5.41) is 17.4. The summed E-state index contributed by atoms with van der Waals surface area (Å²) in [6.07, 6.45) is 5.98. The number of carbonyl (C=O) groups excluding carboxylic acids is 1. The molecule has 2 fully saturated rings. The lowest BCUT2D eigenvalue weighted by Gasteiger charge is -2.22. The topological polar surface area (TPSA) is 127 Å². The van der Waals surface area contributed by atoms with Gasteiger partial charge in [-0.05, 0) is 37.5 Å². The fourth-order valence-electron chi connectivity index (χ4n) is 4.31. The lowest BCUT2D eigenvalue weighted by Crippen LogP contribution is -2.22. The smallest absolute Gasteiger partial charge is 0.228 e. The van der Waals surface area contributed by atoms with Gasteiger partial charge in [0.25, 0.3) is 0 Å². The molecule has 0 aromatic carbocycles. The van der Waals surface area contributed by atoms with Gasteiger partial charge in [0.15, 0.2) is 16.7 Å². The van der Waals surface area contributed by atoms with Crippen molar-refractivity contribution < 1.29 is 14.3 Å². The number of ether oxygens (including phenoxy) is 2. The van der Waals surface area contributed by atoms with Crippen LogP contribution in [0.2, 0.25) is 0 Å². The van der Waals surface area contributed by atoms with Gasteiger partial charge in [0.2, 0.25) is 5.91 Å². The number of nitrogens with zero attached hydrogens (tertiary/aromatic N) is 4. The second-order valence-electron chi connectivity index (χ2n) is 10.8. The van der Waals surface area contributed by atoms with Gasteiger partial charge in [-0.1, -0.05) is 20.8 Å². The highest BCUT2D eigenvalue weighted by atomic mass is 32.1. The van der Waals surface area contributed by atoms with Gasteiger partial charge in [0.1, 0.15) is 17.3 Å². The van der Waals surface area contributed by atoms with Crippen LogP contribution in [0, 0.1) is 5.92 Å². The van der Waals surface area contributed by atoms with Crippen molar-refractivity contribution in [2.45, 2.75) is 51.5 Å². The largest absolute Gasteiger partial charge is 0.455 e. The van der Waals surface area contributed by atoms with Crippen LogP contribution in [0.5, 0.6) is 11.5 Å². The van der Waals surface area contributed by atoms with E-state index in [1.54, 1.807) is 31.6 Å². The minimum Gasteiger partial charge on any atom is -0.455 e. The number of aromatic nitrogens is 4. The van der Waals surface area contributed by atoms with Gasteiger partial charge in [-0.15, -0.1) is 0 Å². The van der Waals surface area contributed by atoms with Crippen LogP contribution in [0.1, 0.15) is 51.8 Å². The predicted molar refractivity (Wildman–Crippen MR) is 155 cm³/mol. The molecule has 0 radical (unpaired) electrons. The third kappa shape index (κ3) is 6.63. The van der Waals surface area contributed by atoms with E-state index in [1.165, 1.54) is 0 Å². The summed E-state index contributed by atoms with van der Waals surface area (Å²) in [6, 6.07) is 7.47. The molecule has 39 heavy (non-hydrogen) atoms. The van der Waals surface area contributed by atoms with Crippen molar-refractivity contribution in [1.29, 1.82) is 0 Å². The summed E-state index contributed by atoms with van der Waals surface area (Å²) in [7, 11) is 1.79. The van der Waals surface area contributed by atoms with Crippen molar-refractivity contribution in [2.24, 2.45) is 5.92 Å². The quantitative estimate of drug-likeness (QED) is 0.287. The Hall–Kier alpha value is -3.77. The lowest BCUT2D eigenvalue weighted by molar-refractivity contribution is -0.117. The third-order valence-electron chi connectivity index (χ3n) is 6.53. The number of nitrogens with one attached hydrogen (secondary N) is 4. The Morgan fingerprint density at radius 2 is 1.90 bits per heavy atom. The number of thiocarbonyl (C=S) groups is 1. The van der Waals surface area contributed by atoms with Crippen molar-refractivity contribution in [3.63, 3.8) is 0 Å². The molecule has 1 amide bonds. The zero-order valence-electron chi connectivity index (χ0n) is 22.6. The van der Waals surface area contributed by atoms with Crippen molar-refractivity contribution >= 4 is 46.4 Å². The van der Waals surface area contributed by atoms with Crippen molar-refractivity contribution in [1.82, 2.24) is 19.7 Å². The lowest BCUT2D eigenvalue weighted by atomic mass is 9.91. The van der Waals surface area contributed by atoms with Crippen molar-refractivity contribution in [3.8, 4) is 11.5 Å². The van der Waals surface area contributed by atoms with E-state index >= 15 is 0 Å². The first-order valence-corrected chi connectivity index (χ1v) is 13.5. The monoisotopic (exact) mass is 550 g/mol. The van der Waals surface area contributed by atoms with Gasteiger partial charge in [-0.2, -0.15) is 5.10 Å². The molecule has 206 valence electrons. The average Bonchev–Trinajstić information content (AvgIpc) is 3.43. The van der Waals surface area contributed by atoms with E-state index in [0.29, 0.717) is 46.4 Å². The molecule has 1 aliphatic heterocycles.